The fourth-order valence-corrected chi connectivity index (χ4v) is 2.34. The maximum absolute atomic E-state index is 5.47. The van der Waals surface area contributed by atoms with Gasteiger partial charge in [-0.15, -0.1) is 62.0 Å². The Labute approximate surface area is 179 Å². The minimum Gasteiger partial charge on any atom is -0.330 e. The van der Waals surface area contributed by atoms with E-state index in [1.54, 1.807) is 0 Å². The molecule has 0 saturated carbocycles. The molecule has 1 fully saturated rings. The van der Waals surface area contributed by atoms with Crippen LogP contribution in [0, 0.1) is 0 Å². The summed E-state index contributed by atoms with van der Waals surface area (Å²) in [7, 11) is 0. The minimum absolute atomic E-state index is 0. The lowest BCUT2D eigenvalue weighted by Gasteiger charge is -2.21. The summed E-state index contributed by atoms with van der Waals surface area (Å²) in [6.07, 6.45) is 4.92. The van der Waals surface area contributed by atoms with Crippen LogP contribution in [0.15, 0.2) is 0 Å². The molecule has 1 saturated heterocycles. The zero-order valence-corrected chi connectivity index (χ0v) is 18.5. The Hall–Kier alpha value is 1.25. The van der Waals surface area contributed by atoms with Crippen molar-refractivity contribution in [1.82, 2.24) is 20.9 Å². The van der Waals surface area contributed by atoms with E-state index < -0.39 is 0 Å². The van der Waals surface area contributed by atoms with Gasteiger partial charge in [0.25, 0.3) is 0 Å². The Balaban J connectivity index is -0.000000241. The first-order chi connectivity index (χ1) is 9.43. The molecule has 0 bridgehead atoms. The third kappa shape index (κ3) is 23.2. The Morgan fingerprint density at radius 1 is 0.708 bits per heavy atom. The number of hydrogen-bond acceptors (Lipinski definition) is 5. The van der Waals surface area contributed by atoms with E-state index >= 15 is 0 Å². The molecule has 10 heteroatoms. The van der Waals surface area contributed by atoms with Crippen molar-refractivity contribution in [3.05, 3.63) is 0 Å². The van der Waals surface area contributed by atoms with Gasteiger partial charge in [0, 0.05) is 39.3 Å². The fraction of sp³-hybridized carbons (Fsp3) is 1.00. The summed E-state index contributed by atoms with van der Waals surface area (Å²) in [5, 5.41) is 10.4. The summed E-state index contributed by atoms with van der Waals surface area (Å²) in [6, 6.07) is 0. The van der Waals surface area contributed by atoms with Gasteiger partial charge in [0.1, 0.15) is 0 Å². The van der Waals surface area contributed by atoms with Crippen molar-refractivity contribution >= 4 is 62.0 Å². The number of nitrogens with two attached hydrogens (primary N) is 1. The first kappa shape index (κ1) is 36.2. The second kappa shape index (κ2) is 29.0. The molecular weight excluding hydrogens is 415 g/mol. The molecule has 0 aromatic heterocycles. The maximum atomic E-state index is 5.47. The topological polar surface area (TPSA) is 65.3 Å². The number of nitrogens with one attached hydrogen (secondary N) is 3. The number of nitrogens with zero attached hydrogens (tertiary/aromatic N) is 1. The Bertz CT molecular complexity index is 196. The zero-order chi connectivity index (χ0) is 13.6. The van der Waals surface area contributed by atoms with Gasteiger partial charge in [-0.25, -0.2) is 0 Å². The van der Waals surface area contributed by atoms with Crippen molar-refractivity contribution in [3.63, 3.8) is 0 Å². The van der Waals surface area contributed by atoms with Crippen molar-refractivity contribution in [2.45, 2.75) is 25.7 Å². The molecule has 0 amide bonds. The van der Waals surface area contributed by atoms with Crippen LogP contribution >= 0.6 is 62.0 Å². The highest BCUT2D eigenvalue weighted by Crippen LogP contribution is 1.95. The van der Waals surface area contributed by atoms with Crippen LogP contribution in [0.2, 0.25) is 0 Å². The summed E-state index contributed by atoms with van der Waals surface area (Å²) in [5.41, 5.74) is 5.47. The van der Waals surface area contributed by atoms with E-state index in [4.69, 9.17) is 5.73 Å². The lowest BCUT2D eigenvalue weighted by Crippen LogP contribution is -2.35. The smallest absolute Gasteiger partial charge is 0.0107 e. The summed E-state index contributed by atoms with van der Waals surface area (Å²) in [4.78, 5) is 2.57. The molecule has 0 spiro atoms. The van der Waals surface area contributed by atoms with Crippen molar-refractivity contribution < 1.29 is 0 Å². The summed E-state index contributed by atoms with van der Waals surface area (Å²) >= 11 is 0. The monoisotopic (exact) mass is 451 g/mol. The molecular formula is C14H38Cl5N5. The number of unbranched alkanes of at least 4 members (excludes halogenated alkanes) is 2. The molecule has 1 heterocycles. The Morgan fingerprint density at radius 3 is 1.71 bits per heavy atom. The quantitative estimate of drug-likeness (QED) is 0.400. The lowest BCUT2D eigenvalue weighted by atomic mass is 10.2. The van der Waals surface area contributed by atoms with Gasteiger partial charge in [0.2, 0.25) is 0 Å². The normalized spacial score (nSPS) is 14.9. The standard InChI is InChI=1S/C14H33N5.5ClH/c15-5-1-2-6-16-7-3-4-12-19-13-10-17-8-9-18-11-14-19;;;;;/h16-18H,1-15H2;5*1H. The molecule has 0 aromatic rings. The molecule has 0 unspecified atom stereocenters. The molecule has 154 valence electrons. The van der Waals surface area contributed by atoms with Gasteiger partial charge in [-0.1, -0.05) is 0 Å². The average Bonchev–Trinajstić information content (AvgIpc) is 2.55. The maximum Gasteiger partial charge on any atom is 0.0107 e. The van der Waals surface area contributed by atoms with Crippen LogP contribution < -0.4 is 21.7 Å². The SMILES string of the molecule is Cl.Cl.Cl.Cl.Cl.NCCCCNCCCCN1CCNCCNCC1. The van der Waals surface area contributed by atoms with Crippen molar-refractivity contribution in [2.24, 2.45) is 5.73 Å². The van der Waals surface area contributed by atoms with Gasteiger partial charge in [0.15, 0.2) is 0 Å². The predicted molar refractivity (Wildman–Crippen MR) is 119 cm³/mol. The van der Waals surface area contributed by atoms with E-state index in [-0.39, 0.29) is 62.0 Å². The fourth-order valence-electron chi connectivity index (χ4n) is 2.34. The predicted octanol–water partition coefficient (Wildman–Crippen LogP) is 1.70. The van der Waals surface area contributed by atoms with E-state index in [2.05, 4.69) is 20.9 Å². The molecule has 1 aliphatic rings. The van der Waals surface area contributed by atoms with E-state index in [1.807, 2.05) is 0 Å². The first-order valence-electron chi connectivity index (χ1n) is 7.98. The van der Waals surface area contributed by atoms with Crippen LogP contribution in [0.3, 0.4) is 0 Å². The molecule has 0 aliphatic carbocycles. The molecule has 1 rings (SSSR count). The van der Waals surface area contributed by atoms with Gasteiger partial charge in [0.05, 0.1) is 0 Å². The lowest BCUT2D eigenvalue weighted by molar-refractivity contribution is 0.274. The number of hydrogen-bond donors (Lipinski definition) is 4. The highest BCUT2D eigenvalue weighted by Gasteiger charge is 2.05. The molecule has 0 radical (unpaired) electrons. The molecule has 5 N–H and O–H groups in total. The summed E-state index contributed by atoms with van der Waals surface area (Å²) < 4.78 is 0. The second-order valence-corrected chi connectivity index (χ2v) is 5.29. The Morgan fingerprint density at radius 2 is 1.21 bits per heavy atom. The summed E-state index contributed by atoms with van der Waals surface area (Å²) in [6.45, 7) is 11.1. The molecule has 24 heavy (non-hydrogen) atoms. The third-order valence-electron chi connectivity index (χ3n) is 3.57. The molecule has 1 aliphatic heterocycles. The Kier molecular flexibility index (Phi) is 43.8. The second-order valence-electron chi connectivity index (χ2n) is 5.29. The minimum atomic E-state index is 0. The van der Waals surface area contributed by atoms with Gasteiger partial charge >= 0.3 is 0 Å². The van der Waals surface area contributed by atoms with Crippen LogP contribution in [-0.2, 0) is 0 Å². The van der Waals surface area contributed by atoms with Gasteiger partial charge < -0.3 is 26.6 Å². The van der Waals surface area contributed by atoms with E-state index in [0.717, 1.165) is 52.2 Å². The van der Waals surface area contributed by atoms with Crippen LogP contribution in [0.1, 0.15) is 25.7 Å². The highest BCUT2D eigenvalue weighted by molar-refractivity contribution is 5.86. The van der Waals surface area contributed by atoms with Crippen molar-refractivity contribution in [1.29, 1.82) is 0 Å². The highest BCUT2D eigenvalue weighted by atomic mass is 35.5. The van der Waals surface area contributed by atoms with E-state index in [9.17, 15) is 0 Å². The van der Waals surface area contributed by atoms with Gasteiger partial charge in [-0.05, 0) is 51.9 Å². The molecule has 0 atom stereocenters. The van der Waals surface area contributed by atoms with Crippen LogP contribution in [0.4, 0.5) is 0 Å². The van der Waals surface area contributed by atoms with Gasteiger partial charge in [-0.3, -0.25) is 0 Å². The summed E-state index contributed by atoms with van der Waals surface area (Å²) in [5.74, 6) is 0. The van der Waals surface area contributed by atoms with Crippen molar-refractivity contribution in [2.75, 3.05) is 65.4 Å². The molecule has 5 nitrogen and oxygen atoms in total. The zero-order valence-electron chi connectivity index (χ0n) is 14.5. The van der Waals surface area contributed by atoms with Crippen LogP contribution in [0.25, 0.3) is 0 Å². The van der Waals surface area contributed by atoms with Crippen LogP contribution in [-0.4, -0.2) is 70.3 Å². The number of halogens is 5. The number of rotatable bonds is 9. The largest absolute Gasteiger partial charge is 0.330 e. The molecule has 0 aromatic carbocycles. The first-order valence-corrected chi connectivity index (χ1v) is 7.98. The van der Waals surface area contributed by atoms with Gasteiger partial charge in [-0.2, -0.15) is 0 Å². The third-order valence-corrected chi connectivity index (χ3v) is 3.57. The van der Waals surface area contributed by atoms with Crippen molar-refractivity contribution in [3.8, 4) is 0 Å². The average molecular weight is 454 g/mol. The van der Waals surface area contributed by atoms with Crippen LogP contribution in [0.5, 0.6) is 0 Å². The van der Waals surface area contributed by atoms with E-state index in [1.165, 1.54) is 38.9 Å². The van der Waals surface area contributed by atoms with E-state index in [0.29, 0.717) is 0 Å².